The molecule has 0 aliphatic rings. The van der Waals surface area contributed by atoms with Crippen LogP contribution < -0.4 is 10.9 Å². The average molecular weight is 342 g/mol. The topological polar surface area (TPSA) is 103 Å². The average Bonchev–Trinajstić information content (AvgIpc) is 3.26. The highest BCUT2D eigenvalue weighted by molar-refractivity contribution is 5.91. The molecule has 8 nitrogen and oxygen atoms in total. The first-order chi connectivity index (χ1) is 12.0. The molecule has 0 aromatic carbocycles. The molecule has 130 valence electrons. The van der Waals surface area contributed by atoms with Gasteiger partial charge in [0.05, 0.1) is 6.26 Å². The van der Waals surface area contributed by atoms with E-state index in [1.54, 1.807) is 31.4 Å². The van der Waals surface area contributed by atoms with E-state index in [-0.39, 0.29) is 23.1 Å². The van der Waals surface area contributed by atoms with Gasteiger partial charge in [0.1, 0.15) is 6.04 Å². The van der Waals surface area contributed by atoms with E-state index in [0.29, 0.717) is 17.3 Å². The van der Waals surface area contributed by atoms with E-state index in [2.05, 4.69) is 15.5 Å². The molecule has 1 amide bonds. The zero-order valence-corrected chi connectivity index (χ0v) is 14.1. The lowest BCUT2D eigenvalue weighted by Gasteiger charge is -2.17. The summed E-state index contributed by atoms with van der Waals surface area (Å²) in [6.45, 7) is 3.87. The SMILES string of the molecule is CC(C)[C@@H](NC(=O)c1ccco1)c1nc(-c2ccc(=O)n(C)c2)no1. The highest BCUT2D eigenvalue weighted by atomic mass is 16.5. The van der Waals surface area contributed by atoms with Gasteiger partial charge < -0.3 is 18.8 Å². The number of aromatic nitrogens is 3. The quantitative estimate of drug-likeness (QED) is 0.762. The Kier molecular flexibility index (Phi) is 4.51. The van der Waals surface area contributed by atoms with Crippen molar-refractivity contribution in [1.82, 2.24) is 20.0 Å². The number of furan rings is 1. The summed E-state index contributed by atoms with van der Waals surface area (Å²) in [5.74, 6) is 0.517. The second-order valence-corrected chi connectivity index (χ2v) is 6.00. The van der Waals surface area contributed by atoms with E-state index >= 15 is 0 Å². The monoisotopic (exact) mass is 342 g/mol. The van der Waals surface area contributed by atoms with Crippen molar-refractivity contribution in [3.63, 3.8) is 0 Å². The smallest absolute Gasteiger partial charge is 0.287 e. The molecule has 0 saturated heterocycles. The van der Waals surface area contributed by atoms with Crippen LogP contribution in [-0.2, 0) is 7.05 Å². The van der Waals surface area contributed by atoms with Crippen LogP contribution in [0.1, 0.15) is 36.3 Å². The van der Waals surface area contributed by atoms with Crippen LogP contribution in [0.25, 0.3) is 11.4 Å². The number of nitrogens with zero attached hydrogens (tertiary/aromatic N) is 3. The van der Waals surface area contributed by atoms with Crippen molar-refractivity contribution in [3.8, 4) is 11.4 Å². The molecule has 0 saturated carbocycles. The van der Waals surface area contributed by atoms with Crippen LogP contribution in [0.3, 0.4) is 0 Å². The van der Waals surface area contributed by atoms with Crippen molar-refractivity contribution in [3.05, 3.63) is 58.7 Å². The number of amides is 1. The van der Waals surface area contributed by atoms with Crippen molar-refractivity contribution in [2.24, 2.45) is 13.0 Å². The summed E-state index contributed by atoms with van der Waals surface area (Å²) in [6.07, 6.45) is 3.06. The van der Waals surface area contributed by atoms with Gasteiger partial charge in [-0.15, -0.1) is 0 Å². The molecule has 0 aliphatic heterocycles. The fraction of sp³-hybridized carbons (Fsp3) is 0.294. The zero-order valence-electron chi connectivity index (χ0n) is 14.1. The van der Waals surface area contributed by atoms with E-state index in [9.17, 15) is 9.59 Å². The van der Waals surface area contributed by atoms with Gasteiger partial charge in [-0.1, -0.05) is 19.0 Å². The maximum Gasteiger partial charge on any atom is 0.287 e. The van der Waals surface area contributed by atoms with E-state index in [0.717, 1.165) is 0 Å². The highest BCUT2D eigenvalue weighted by Crippen LogP contribution is 2.23. The van der Waals surface area contributed by atoms with Gasteiger partial charge in [-0.25, -0.2) is 0 Å². The number of pyridine rings is 1. The van der Waals surface area contributed by atoms with Crippen LogP contribution in [-0.4, -0.2) is 20.6 Å². The molecule has 8 heteroatoms. The predicted molar refractivity (Wildman–Crippen MR) is 88.7 cm³/mol. The minimum Gasteiger partial charge on any atom is -0.459 e. The summed E-state index contributed by atoms with van der Waals surface area (Å²) in [5.41, 5.74) is 0.523. The van der Waals surface area contributed by atoms with Crippen LogP contribution in [0, 0.1) is 5.92 Å². The van der Waals surface area contributed by atoms with Crippen LogP contribution in [0.4, 0.5) is 0 Å². The fourth-order valence-electron chi connectivity index (χ4n) is 2.34. The number of hydrogen-bond donors (Lipinski definition) is 1. The summed E-state index contributed by atoms with van der Waals surface area (Å²) >= 11 is 0. The molecular weight excluding hydrogens is 324 g/mol. The van der Waals surface area contributed by atoms with Gasteiger partial charge in [-0.3, -0.25) is 9.59 Å². The molecule has 3 aromatic rings. The molecule has 0 fully saturated rings. The highest BCUT2D eigenvalue weighted by Gasteiger charge is 2.26. The Bertz CT molecular complexity index is 924. The first-order valence-electron chi connectivity index (χ1n) is 7.80. The Morgan fingerprint density at radius 3 is 2.72 bits per heavy atom. The van der Waals surface area contributed by atoms with Gasteiger partial charge in [-0.05, 0) is 24.1 Å². The lowest BCUT2D eigenvalue weighted by molar-refractivity contribution is 0.0885. The standard InChI is InChI=1S/C17H18N4O4/c1-10(2)14(18-16(23)12-5-4-8-24-12)17-19-15(20-25-17)11-6-7-13(22)21(3)9-11/h4-10,14H,1-3H3,(H,18,23)/t14-/m1/s1. The third-order valence-electron chi connectivity index (χ3n) is 3.75. The van der Waals surface area contributed by atoms with Crippen LogP contribution >= 0.6 is 0 Å². The number of nitrogens with one attached hydrogen (secondary N) is 1. The van der Waals surface area contributed by atoms with Crippen molar-refractivity contribution in [2.45, 2.75) is 19.9 Å². The maximum absolute atomic E-state index is 12.2. The minimum atomic E-state index is -0.466. The van der Waals surface area contributed by atoms with E-state index in [4.69, 9.17) is 8.94 Å². The minimum absolute atomic E-state index is 0.0207. The van der Waals surface area contributed by atoms with Gasteiger partial charge in [0.2, 0.25) is 17.3 Å². The first-order valence-corrected chi connectivity index (χ1v) is 7.80. The van der Waals surface area contributed by atoms with E-state index in [1.807, 2.05) is 13.8 Å². The second-order valence-electron chi connectivity index (χ2n) is 6.00. The third-order valence-corrected chi connectivity index (χ3v) is 3.75. The fourth-order valence-corrected chi connectivity index (χ4v) is 2.34. The summed E-state index contributed by atoms with van der Waals surface area (Å²) in [4.78, 5) is 28.1. The van der Waals surface area contributed by atoms with Crippen molar-refractivity contribution < 1.29 is 13.7 Å². The summed E-state index contributed by atoms with van der Waals surface area (Å²) < 4.78 is 11.9. The molecule has 3 heterocycles. The lowest BCUT2D eigenvalue weighted by Crippen LogP contribution is -2.31. The molecule has 1 N–H and O–H groups in total. The van der Waals surface area contributed by atoms with Gasteiger partial charge in [-0.2, -0.15) is 4.98 Å². The van der Waals surface area contributed by atoms with E-state index < -0.39 is 6.04 Å². The largest absolute Gasteiger partial charge is 0.459 e. The van der Waals surface area contributed by atoms with Gasteiger partial charge in [0.25, 0.3) is 5.91 Å². The van der Waals surface area contributed by atoms with Gasteiger partial charge in [0, 0.05) is 24.9 Å². The molecular formula is C17H18N4O4. The second kappa shape index (κ2) is 6.76. The number of hydrogen-bond acceptors (Lipinski definition) is 6. The number of aryl methyl sites for hydroxylation is 1. The van der Waals surface area contributed by atoms with Crippen molar-refractivity contribution >= 4 is 5.91 Å². The molecule has 25 heavy (non-hydrogen) atoms. The Balaban J connectivity index is 1.85. The molecule has 0 bridgehead atoms. The predicted octanol–water partition coefficient (Wildman–Crippen LogP) is 2.16. The molecule has 0 spiro atoms. The van der Waals surface area contributed by atoms with Crippen molar-refractivity contribution in [2.75, 3.05) is 0 Å². The number of carbonyl (C=O) groups excluding carboxylic acids is 1. The summed E-state index contributed by atoms with van der Waals surface area (Å²) in [6, 6.07) is 5.82. The van der Waals surface area contributed by atoms with Gasteiger partial charge >= 0.3 is 0 Å². The normalized spacial score (nSPS) is 12.3. The lowest BCUT2D eigenvalue weighted by atomic mass is 10.0. The summed E-state index contributed by atoms with van der Waals surface area (Å²) in [5, 5.41) is 6.79. The molecule has 0 unspecified atom stereocenters. The van der Waals surface area contributed by atoms with Gasteiger partial charge in [0.15, 0.2) is 5.76 Å². The van der Waals surface area contributed by atoms with Crippen LogP contribution in [0.2, 0.25) is 0 Å². The van der Waals surface area contributed by atoms with E-state index in [1.165, 1.54) is 16.9 Å². The number of carbonyl (C=O) groups is 1. The Labute approximate surface area is 143 Å². The molecule has 0 radical (unpaired) electrons. The van der Waals surface area contributed by atoms with Crippen LogP contribution in [0.5, 0.6) is 0 Å². The number of rotatable bonds is 5. The summed E-state index contributed by atoms with van der Waals surface area (Å²) in [7, 11) is 1.65. The third kappa shape index (κ3) is 3.52. The van der Waals surface area contributed by atoms with Crippen molar-refractivity contribution in [1.29, 1.82) is 0 Å². The molecule has 3 aromatic heterocycles. The Hall–Kier alpha value is -3.16. The Morgan fingerprint density at radius 2 is 2.08 bits per heavy atom. The Morgan fingerprint density at radius 1 is 1.28 bits per heavy atom. The molecule has 3 rings (SSSR count). The van der Waals surface area contributed by atoms with Crippen LogP contribution in [0.15, 0.2) is 50.5 Å². The molecule has 1 atom stereocenters. The zero-order chi connectivity index (χ0) is 18.0. The maximum atomic E-state index is 12.2. The first kappa shape index (κ1) is 16.7. The molecule has 0 aliphatic carbocycles.